The van der Waals surface area contributed by atoms with Crippen molar-refractivity contribution in [3.05, 3.63) is 29.8 Å². The van der Waals surface area contributed by atoms with Gasteiger partial charge in [0.2, 0.25) is 5.95 Å². The van der Waals surface area contributed by atoms with E-state index in [0.29, 0.717) is 19.1 Å². The Kier molecular flexibility index (Phi) is 5.80. The van der Waals surface area contributed by atoms with Crippen molar-refractivity contribution in [1.29, 1.82) is 0 Å². The lowest BCUT2D eigenvalue weighted by molar-refractivity contribution is 0.0821. The average Bonchev–Trinajstić information content (AvgIpc) is 3.45. The second kappa shape index (κ2) is 8.47. The fourth-order valence-corrected chi connectivity index (χ4v) is 3.89. The van der Waals surface area contributed by atoms with Crippen molar-refractivity contribution >= 4 is 5.95 Å². The number of nitrogens with zero attached hydrogens (tertiary/aromatic N) is 5. The molecule has 7 heteroatoms. The molecule has 1 saturated carbocycles. The Morgan fingerprint density at radius 2 is 2.00 bits per heavy atom. The number of hydrogen-bond acceptors (Lipinski definition) is 6. The average molecular weight is 386 g/mol. The molecule has 3 heterocycles. The highest BCUT2D eigenvalue weighted by molar-refractivity contribution is 5.35. The first-order valence-electron chi connectivity index (χ1n) is 10.5. The van der Waals surface area contributed by atoms with E-state index in [4.69, 9.17) is 9.47 Å². The van der Waals surface area contributed by atoms with Gasteiger partial charge in [0, 0.05) is 31.9 Å². The molecule has 1 aliphatic carbocycles. The van der Waals surface area contributed by atoms with Gasteiger partial charge in [-0.1, -0.05) is 0 Å². The Morgan fingerprint density at radius 1 is 1.14 bits per heavy atom. The van der Waals surface area contributed by atoms with Gasteiger partial charge in [0.1, 0.15) is 11.6 Å². The minimum Gasteiger partial charge on any atom is -0.492 e. The molecule has 0 N–H and O–H groups in total. The monoisotopic (exact) mass is 385 g/mol. The summed E-state index contributed by atoms with van der Waals surface area (Å²) in [5, 5.41) is 9.18. The van der Waals surface area contributed by atoms with Crippen LogP contribution < -0.4 is 9.64 Å². The summed E-state index contributed by atoms with van der Waals surface area (Å²) in [6.45, 7) is 6.77. The summed E-state index contributed by atoms with van der Waals surface area (Å²) in [7, 11) is 1.80. The molecule has 0 radical (unpaired) electrons. The van der Waals surface area contributed by atoms with E-state index in [-0.39, 0.29) is 6.10 Å². The van der Waals surface area contributed by atoms with E-state index in [1.54, 1.807) is 13.3 Å². The van der Waals surface area contributed by atoms with Crippen LogP contribution in [0.25, 0.3) is 0 Å². The fraction of sp³-hybridized carbons (Fsp3) is 0.667. The molecule has 7 nitrogen and oxygen atoms in total. The predicted octanol–water partition coefficient (Wildman–Crippen LogP) is 3.08. The van der Waals surface area contributed by atoms with Crippen molar-refractivity contribution < 1.29 is 9.47 Å². The number of rotatable bonds is 8. The van der Waals surface area contributed by atoms with Gasteiger partial charge in [0.15, 0.2) is 0 Å². The van der Waals surface area contributed by atoms with Crippen molar-refractivity contribution in [1.82, 2.24) is 19.7 Å². The van der Waals surface area contributed by atoms with Crippen LogP contribution in [-0.4, -0.2) is 52.2 Å². The summed E-state index contributed by atoms with van der Waals surface area (Å²) >= 11 is 0. The van der Waals surface area contributed by atoms with Crippen molar-refractivity contribution in [2.24, 2.45) is 5.92 Å². The summed E-state index contributed by atoms with van der Waals surface area (Å²) in [6, 6.07) is 4.44. The van der Waals surface area contributed by atoms with E-state index in [9.17, 15) is 0 Å². The molecule has 2 unspecified atom stereocenters. The number of pyridine rings is 1. The van der Waals surface area contributed by atoms with Crippen LogP contribution >= 0.6 is 0 Å². The van der Waals surface area contributed by atoms with Crippen molar-refractivity contribution in [2.45, 2.75) is 64.6 Å². The normalized spacial score (nSPS) is 22.5. The van der Waals surface area contributed by atoms with E-state index < -0.39 is 0 Å². The van der Waals surface area contributed by atoms with Gasteiger partial charge in [-0.05, 0) is 57.6 Å². The molecule has 2 aromatic rings. The van der Waals surface area contributed by atoms with Crippen LogP contribution in [0, 0.1) is 5.92 Å². The van der Waals surface area contributed by atoms with Gasteiger partial charge in [-0.25, -0.2) is 0 Å². The number of anilines is 1. The van der Waals surface area contributed by atoms with E-state index in [1.807, 2.05) is 19.1 Å². The van der Waals surface area contributed by atoms with Gasteiger partial charge < -0.3 is 14.4 Å². The molecular formula is C21H31N5O2. The van der Waals surface area contributed by atoms with Crippen molar-refractivity contribution in [2.75, 3.05) is 25.2 Å². The van der Waals surface area contributed by atoms with Crippen LogP contribution in [-0.2, 0) is 17.7 Å². The number of aromatic nitrogens is 4. The SMILES string of the molecule is CCOc1ccc(Cc2nnc(N3CC(OC)CCC3C)n2CC2CC2)nc1. The number of ether oxygens (including phenoxy) is 2. The number of methoxy groups -OCH3 is 1. The molecule has 1 saturated heterocycles. The summed E-state index contributed by atoms with van der Waals surface area (Å²) in [6.07, 6.45) is 7.56. The topological polar surface area (TPSA) is 65.3 Å². The van der Waals surface area contributed by atoms with Crippen molar-refractivity contribution in [3.63, 3.8) is 0 Å². The predicted molar refractivity (Wildman–Crippen MR) is 108 cm³/mol. The quantitative estimate of drug-likeness (QED) is 0.696. The van der Waals surface area contributed by atoms with E-state index in [2.05, 4.69) is 31.6 Å². The zero-order valence-corrected chi connectivity index (χ0v) is 17.2. The lowest BCUT2D eigenvalue weighted by Gasteiger charge is -2.38. The Hall–Kier alpha value is -2.15. The highest BCUT2D eigenvalue weighted by Gasteiger charge is 2.32. The van der Waals surface area contributed by atoms with Crippen LogP contribution in [0.1, 0.15) is 51.0 Å². The van der Waals surface area contributed by atoms with Gasteiger partial charge in [0.05, 0.1) is 25.3 Å². The number of hydrogen-bond donors (Lipinski definition) is 0. The summed E-state index contributed by atoms with van der Waals surface area (Å²) in [5.74, 6) is 3.53. The molecule has 28 heavy (non-hydrogen) atoms. The molecule has 0 bridgehead atoms. The fourth-order valence-electron chi connectivity index (χ4n) is 3.89. The molecule has 2 aliphatic rings. The van der Waals surface area contributed by atoms with Crippen LogP contribution in [0.4, 0.5) is 5.95 Å². The maximum Gasteiger partial charge on any atom is 0.227 e. The lowest BCUT2D eigenvalue weighted by atomic mass is 10.0. The zero-order chi connectivity index (χ0) is 19.5. The standard InChI is InChI=1S/C21H31N5O2/c1-4-28-18-10-8-17(22-12-18)11-20-23-24-21(26(20)13-16-6-7-16)25-14-19(27-3)9-5-15(25)2/h8,10,12,15-16,19H,4-7,9,11,13-14H2,1-3H3. The first-order chi connectivity index (χ1) is 13.7. The molecule has 4 rings (SSSR count). The molecule has 152 valence electrons. The van der Waals surface area contributed by atoms with Gasteiger partial charge in [-0.3, -0.25) is 9.55 Å². The maximum atomic E-state index is 5.64. The summed E-state index contributed by atoms with van der Waals surface area (Å²) < 4.78 is 13.5. The third-order valence-electron chi connectivity index (χ3n) is 5.82. The Bertz CT molecular complexity index is 772. The smallest absolute Gasteiger partial charge is 0.227 e. The van der Waals surface area contributed by atoms with Crippen LogP contribution in [0.5, 0.6) is 5.75 Å². The van der Waals surface area contributed by atoms with Gasteiger partial charge >= 0.3 is 0 Å². The Labute approximate surface area is 167 Å². The molecule has 2 aromatic heterocycles. The number of piperidine rings is 1. The highest BCUT2D eigenvalue weighted by atomic mass is 16.5. The highest BCUT2D eigenvalue weighted by Crippen LogP contribution is 2.34. The maximum absolute atomic E-state index is 5.64. The Morgan fingerprint density at radius 3 is 2.68 bits per heavy atom. The first-order valence-corrected chi connectivity index (χ1v) is 10.5. The lowest BCUT2D eigenvalue weighted by Crippen LogP contribution is -2.46. The Balaban J connectivity index is 1.57. The largest absolute Gasteiger partial charge is 0.492 e. The second-order valence-electron chi connectivity index (χ2n) is 8.00. The molecule has 2 atom stereocenters. The third-order valence-corrected chi connectivity index (χ3v) is 5.82. The molecule has 2 fully saturated rings. The van der Waals surface area contributed by atoms with E-state index in [0.717, 1.165) is 55.1 Å². The van der Waals surface area contributed by atoms with Gasteiger partial charge in [-0.15, -0.1) is 10.2 Å². The van der Waals surface area contributed by atoms with Gasteiger partial charge in [-0.2, -0.15) is 0 Å². The second-order valence-corrected chi connectivity index (χ2v) is 8.00. The van der Waals surface area contributed by atoms with Crippen molar-refractivity contribution in [3.8, 4) is 5.75 Å². The molecule has 1 aliphatic heterocycles. The molecule has 0 amide bonds. The minimum atomic E-state index is 0.263. The molecule has 0 spiro atoms. The summed E-state index contributed by atoms with van der Waals surface area (Å²) in [4.78, 5) is 6.93. The van der Waals surface area contributed by atoms with E-state index in [1.165, 1.54) is 12.8 Å². The summed E-state index contributed by atoms with van der Waals surface area (Å²) in [5.41, 5.74) is 0.987. The molecule has 0 aromatic carbocycles. The zero-order valence-electron chi connectivity index (χ0n) is 17.2. The van der Waals surface area contributed by atoms with Crippen LogP contribution in [0.3, 0.4) is 0 Å². The van der Waals surface area contributed by atoms with Crippen LogP contribution in [0.15, 0.2) is 18.3 Å². The van der Waals surface area contributed by atoms with Gasteiger partial charge in [0.25, 0.3) is 0 Å². The third kappa shape index (κ3) is 4.29. The van der Waals surface area contributed by atoms with E-state index >= 15 is 0 Å². The molecular weight excluding hydrogens is 354 g/mol. The first kappa shape index (κ1) is 19.2. The van der Waals surface area contributed by atoms with Crippen LogP contribution in [0.2, 0.25) is 0 Å². The minimum absolute atomic E-state index is 0.263.